The lowest BCUT2D eigenvalue weighted by molar-refractivity contribution is -0.228. The van der Waals surface area contributed by atoms with Gasteiger partial charge in [-0.3, -0.25) is 24.0 Å². The number of aliphatic carboxylic acids is 1. The molecule has 0 aromatic heterocycles. The third-order valence-electron chi connectivity index (χ3n) is 5.61. The van der Waals surface area contributed by atoms with Gasteiger partial charge in [-0.2, -0.15) is 0 Å². The molecule has 6 unspecified atom stereocenters. The number of hydrogen-bond acceptors (Lipinski definition) is 12. The van der Waals surface area contributed by atoms with Crippen LogP contribution in [0.2, 0.25) is 0 Å². The predicted octanol–water partition coefficient (Wildman–Crippen LogP) is -0.472. The highest BCUT2D eigenvalue weighted by atomic mass is 16.6. The minimum absolute atomic E-state index is 0.149. The van der Waals surface area contributed by atoms with Gasteiger partial charge < -0.3 is 44.7 Å². The van der Waals surface area contributed by atoms with Crippen molar-refractivity contribution in [2.24, 2.45) is 0 Å². The van der Waals surface area contributed by atoms with Gasteiger partial charge in [0.25, 0.3) is 0 Å². The van der Waals surface area contributed by atoms with E-state index in [2.05, 4.69) is 16.0 Å². The maximum atomic E-state index is 12.9. The number of carboxylic acids is 1. The SMILES string of the molecule is CC(=O)NC1C(NC(=O)CC(NC(=O)OCc2ccccc2)C(=O)O)OC(COC(C)=O)C(OC(C)=O)C1OC(C)=O. The van der Waals surface area contributed by atoms with E-state index >= 15 is 0 Å². The van der Waals surface area contributed by atoms with Gasteiger partial charge in [-0.15, -0.1) is 0 Å². The summed E-state index contributed by atoms with van der Waals surface area (Å²) in [5.41, 5.74) is 0.647. The molecule has 0 saturated carbocycles. The van der Waals surface area contributed by atoms with E-state index in [0.717, 1.165) is 27.7 Å². The number of carbonyl (C=O) groups is 7. The number of ether oxygens (including phenoxy) is 5. The van der Waals surface area contributed by atoms with Gasteiger partial charge in [0.2, 0.25) is 11.8 Å². The normalized spacial score (nSPS) is 22.0. The van der Waals surface area contributed by atoms with Crippen molar-refractivity contribution in [1.82, 2.24) is 16.0 Å². The molecule has 16 nitrogen and oxygen atoms in total. The molecular weight excluding hydrogens is 562 g/mol. The van der Waals surface area contributed by atoms with E-state index in [4.69, 9.17) is 23.7 Å². The van der Waals surface area contributed by atoms with Crippen LogP contribution < -0.4 is 16.0 Å². The number of amides is 3. The summed E-state index contributed by atoms with van der Waals surface area (Å²) in [6.07, 6.45) is -7.51. The van der Waals surface area contributed by atoms with Crippen LogP contribution in [-0.2, 0) is 59.1 Å². The maximum Gasteiger partial charge on any atom is 0.408 e. The molecule has 3 amide bonds. The Bertz CT molecular complexity index is 1160. The van der Waals surface area contributed by atoms with Crippen molar-refractivity contribution in [3.8, 4) is 0 Å². The van der Waals surface area contributed by atoms with Crippen LogP contribution in [-0.4, -0.2) is 90.1 Å². The van der Waals surface area contributed by atoms with Crippen LogP contribution in [0.25, 0.3) is 0 Å². The number of hydrogen-bond donors (Lipinski definition) is 4. The minimum atomic E-state index is -1.73. The zero-order valence-corrected chi connectivity index (χ0v) is 23.3. The van der Waals surface area contributed by atoms with Crippen molar-refractivity contribution in [2.75, 3.05) is 6.61 Å². The molecule has 230 valence electrons. The Morgan fingerprint density at radius 1 is 0.857 bits per heavy atom. The summed E-state index contributed by atoms with van der Waals surface area (Å²) in [4.78, 5) is 84.1. The lowest BCUT2D eigenvalue weighted by Crippen LogP contribution is -2.69. The average Bonchev–Trinajstić information content (AvgIpc) is 2.89. The number of alkyl carbamates (subject to hydrolysis) is 1. The lowest BCUT2D eigenvalue weighted by Gasteiger charge is -2.45. The van der Waals surface area contributed by atoms with E-state index in [1.54, 1.807) is 30.3 Å². The smallest absolute Gasteiger partial charge is 0.408 e. The molecule has 1 saturated heterocycles. The van der Waals surface area contributed by atoms with Crippen LogP contribution in [0.5, 0.6) is 0 Å². The van der Waals surface area contributed by atoms with Crippen LogP contribution in [0.3, 0.4) is 0 Å². The largest absolute Gasteiger partial charge is 0.480 e. The van der Waals surface area contributed by atoms with E-state index in [9.17, 15) is 38.7 Å². The van der Waals surface area contributed by atoms with Gasteiger partial charge in [0.05, 0.1) is 6.42 Å². The molecular formula is C26H33N3O13. The molecule has 6 atom stereocenters. The first-order valence-corrected chi connectivity index (χ1v) is 12.7. The highest BCUT2D eigenvalue weighted by Crippen LogP contribution is 2.26. The van der Waals surface area contributed by atoms with E-state index in [-0.39, 0.29) is 6.61 Å². The fourth-order valence-electron chi connectivity index (χ4n) is 3.97. The fourth-order valence-corrected chi connectivity index (χ4v) is 3.97. The number of nitrogens with one attached hydrogen (secondary N) is 3. The van der Waals surface area contributed by atoms with Crippen LogP contribution in [0.15, 0.2) is 30.3 Å². The van der Waals surface area contributed by atoms with E-state index in [1.807, 2.05) is 0 Å². The number of carbonyl (C=O) groups excluding carboxylic acids is 6. The summed E-state index contributed by atoms with van der Waals surface area (Å²) < 4.78 is 26.4. The molecule has 0 radical (unpaired) electrons. The Balaban J connectivity index is 2.23. The molecule has 1 aliphatic heterocycles. The Labute approximate surface area is 240 Å². The summed E-state index contributed by atoms with van der Waals surface area (Å²) in [7, 11) is 0. The monoisotopic (exact) mass is 595 g/mol. The highest BCUT2D eigenvalue weighted by molar-refractivity contribution is 5.87. The van der Waals surface area contributed by atoms with E-state index in [1.165, 1.54) is 0 Å². The Kier molecular flexibility index (Phi) is 12.7. The number of rotatable bonds is 12. The summed E-state index contributed by atoms with van der Waals surface area (Å²) in [6, 6.07) is 5.51. The second-order valence-corrected chi connectivity index (χ2v) is 9.14. The number of carboxylic acid groups (broad SMARTS) is 1. The second kappa shape index (κ2) is 15.9. The van der Waals surface area contributed by atoms with Crippen LogP contribution in [0, 0.1) is 0 Å². The number of benzene rings is 1. The summed E-state index contributed by atoms with van der Waals surface area (Å²) in [5.74, 6) is -5.54. The van der Waals surface area contributed by atoms with Gasteiger partial charge >= 0.3 is 30.0 Å². The molecule has 1 fully saturated rings. The van der Waals surface area contributed by atoms with Crippen molar-refractivity contribution in [2.45, 2.75) is 77.3 Å². The standard InChI is InChI=1S/C26H33N3O13/c1-13(30)27-21-23(41-16(4)33)22(40-15(3)32)19(12-38-14(2)31)42-24(21)29-20(34)10-18(25(35)36)28-26(37)39-11-17-8-6-5-7-9-17/h5-9,18-19,21-24H,10-12H2,1-4H3,(H,27,30)(H,28,37)(H,29,34)(H,35,36). The van der Waals surface area contributed by atoms with Crippen molar-refractivity contribution in [3.63, 3.8) is 0 Å². The summed E-state index contributed by atoms with van der Waals surface area (Å²) in [5, 5.41) is 16.5. The third kappa shape index (κ3) is 11.0. The molecule has 0 bridgehead atoms. The molecule has 0 aliphatic carbocycles. The van der Waals surface area contributed by atoms with Gasteiger partial charge in [-0.25, -0.2) is 9.59 Å². The van der Waals surface area contributed by atoms with Crippen LogP contribution >= 0.6 is 0 Å². The molecule has 2 rings (SSSR count). The first-order chi connectivity index (χ1) is 19.8. The first kappa shape index (κ1) is 33.5. The zero-order chi connectivity index (χ0) is 31.4. The molecule has 1 aliphatic rings. The quantitative estimate of drug-likeness (QED) is 0.177. The average molecular weight is 596 g/mol. The molecule has 1 aromatic rings. The maximum absolute atomic E-state index is 12.9. The molecule has 42 heavy (non-hydrogen) atoms. The summed E-state index contributed by atoms with van der Waals surface area (Å²) >= 11 is 0. The van der Waals surface area contributed by atoms with Gasteiger partial charge in [-0.1, -0.05) is 30.3 Å². The van der Waals surface area contributed by atoms with Crippen molar-refractivity contribution in [1.29, 1.82) is 0 Å². The Hall–Kier alpha value is -4.73. The zero-order valence-electron chi connectivity index (χ0n) is 23.3. The Morgan fingerprint density at radius 2 is 1.48 bits per heavy atom. The minimum Gasteiger partial charge on any atom is -0.480 e. The Morgan fingerprint density at radius 3 is 2.02 bits per heavy atom. The van der Waals surface area contributed by atoms with Crippen LogP contribution in [0.4, 0.5) is 4.79 Å². The molecule has 0 spiro atoms. The predicted molar refractivity (Wildman–Crippen MR) is 138 cm³/mol. The number of esters is 3. The topological polar surface area (TPSA) is 222 Å². The molecule has 4 N–H and O–H groups in total. The van der Waals surface area contributed by atoms with E-state index < -0.39 is 91.4 Å². The second-order valence-electron chi connectivity index (χ2n) is 9.14. The van der Waals surface area contributed by atoms with Gasteiger partial charge in [0.15, 0.2) is 18.4 Å². The highest BCUT2D eigenvalue weighted by Gasteiger charge is 2.51. The van der Waals surface area contributed by atoms with Crippen LogP contribution in [0.1, 0.15) is 39.7 Å². The molecule has 16 heteroatoms. The fraction of sp³-hybridized carbons (Fsp3) is 0.500. The van der Waals surface area contributed by atoms with Gasteiger partial charge in [0.1, 0.15) is 31.4 Å². The van der Waals surface area contributed by atoms with Crippen molar-refractivity contribution >= 4 is 41.8 Å². The van der Waals surface area contributed by atoms with Crippen molar-refractivity contribution < 1.29 is 62.4 Å². The molecule has 1 heterocycles. The van der Waals surface area contributed by atoms with Gasteiger partial charge in [-0.05, 0) is 5.56 Å². The van der Waals surface area contributed by atoms with Gasteiger partial charge in [0, 0.05) is 27.7 Å². The third-order valence-corrected chi connectivity index (χ3v) is 5.61. The van der Waals surface area contributed by atoms with Crippen molar-refractivity contribution in [3.05, 3.63) is 35.9 Å². The lowest BCUT2D eigenvalue weighted by atomic mass is 9.95. The summed E-state index contributed by atoms with van der Waals surface area (Å²) in [6.45, 7) is 3.71. The molecule has 1 aromatic carbocycles. The van der Waals surface area contributed by atoms with E-state index in [0.29, 0.717) is 5.56 Å². The first-order valence-electron chi connectivity index (χ1n) is 12.7.